The minimum absolute atomic E-state index is 0.526. The van der Waals surface area contributed by atoms with Crippen LogP contribution in [0.5, 0.6) is 11.6 Å². The van der Waals surface area contributed by atoms with Crippen LogP contribution >= 0.6 is 11.6 Å². The van der Waals surface area contributed by atoms with Gasteiger partial charge in [0.25, 0.3) is 5.88 Å². The highest BCUT2D eigenvalue weighted by atomic mass is 35.5. The molecule has 0 unspecified atom stereocenters. The van der Waals surface area contributed by atoms with Gasteiger partial charge in [0.1, 0.15) is 13.2 Å². The molecule has 4 rings (SSSR count). The summed E-state index contributed by atoms with van der Waals surface area (Å²) in [6.45, 7) is 6.99. The van der Waals surface area contributed by atoms with E-state index in [1.54, 1.807) is 6.20 Å². The van der Waals surface area contributed by atoms with Gasteiger partial charge >= 0.3 is 0 Å². The fourth-order valence-electron chi connectivity index (χ4n) is 2.69. The Morgan fingerprint density at radius 3 is 2.87 bits per heavy atom. The van der Waals surface area contributed by atoms with Gasteiger partial charge in [-0.3, -0.25) is 0 Å². The Morgan fingerprint density at radius 2 is 2.04 bits per heavy atom. The minimum Gasteiger partial charge on any atom is -0.484 e. The highest BCUT2D eigenvalue weighted by Gasteiger charge is 2.16. The van der Waals surface area contributed by atoms with E-state index in [9.17, 15) is 0 Å². The van der Waals surface area contributed by atoms with Gasteiger partial charge < -0.3 is 14.5 Å². The van der Waals surface area contributed by atoms with Gasteiger partial charge in [0.2, 0.25) is 0 Å². The summed E-state index contributed by atoms with van der Waals surface area (Å²) in [5.41, 5.74) is 4.80. The van der Waals surface area contributed by atoms with E-state index in [0.717, 1.165) is 33.3 Å². The molecule has 3 heterocycles. The molecule has 1 aromatic carbocycles. The first kappa shape index (κ1) is 14.2. The zero-order chi connectivity index (χ0) is 16.0. The Morgan fingerprint density at radius 1 is 1.22 bits per heavy atom. The summed E-state index contributed by atoms with van der Waals surface area (Å²) in [7, 11) is 0. The Hall–Kier alpha value is -2.46. The lowest BCUT2D eigenvalue weighted by molar-refractivity contribution is 0.164. The first-order valence-corrected chi connectivity index (χ1v) is 7.74. The fourth-order valence-corrected chi connectivity index (χ4v) is 2.97. The van der Waals surface area contributed by atoms with Crippen LogP contribution in [-0.2, 0) is 0 Å². The molecule has 0 saturated heterocycles. The van der Waals surface area contributed by atoms with Crippen molar-refractivity contribution in [2.45, 2.75) is 6.92 Å². The first-order valence-electron chi connectivity index (χ1n) is 7.36. The van der Waals surface area contributed by atoms with Crippen LogP contribution in [0.15, 0.2) is 37.0 Å². The van der Waals surface area contributed by atoms with Crippen molar-refractivity contribution in [3.8, 4) is 22.8 Å². The maximum absolute atomic E-state index is 6.47. The number of nitrogens with one attached hydrogen (secondary N) is 1. The maximum Gasteiger partial charge on any atom is 0.257 e. The van der Waals surface area contributed by atoms with Gasteiger partial charge in [0.05, 0.1) is 0 Å². The molecule has 3 aromatic rings. The van der Waals surface area contributed by atoms with Crippen LogP contribution in [0.25, 0.3) is 27.6 Å². The largest absolute Gasteiger partial charge is 0.484 e. The number of ether oxygens (including phenoxy) is 2. The summed E-state index contributed by atoms with van der Waals surface area (Å²) < 4.78 is 11.1. The Bertz CT molecular complexity index is 930. The van der Waals surface area contributed by atoms with Crippen LogP contribution in [-0.4, -0.2) is 23.2 Å². The number of rotatable bonds is 2. The van der Waals surface area contributed by atoms with Crippen molar-refractivity contribution >= 4 is 28.1 Å². The molecule has 2 aromatic heterocycles. The smallest absolute Gasteiger partial charge is 0.257 e. The first-order chi connectivity index (χ1) is 11.1. The predicted octanol–water partition coefficient (Wildman–Crippen LogP) is 4.69. The average Bonchev–Trinajstić information content (AvgIpc) is 2.97. The summed E-state index contributed by atoms with van der Waals surface area (Å²) in [6, 6.07) is 7.94. The molecule has 0 radical (unpaired) electrons. The summed E-state index contributed by atoms with van der Waals surface area (Å²) in [5, 5.41) is 1.73. The number of nitrogens with zero attached hydrogens (tertiary/aromatic N) is 1. The quantitative estimate of drug-likeness (QED) is 0.743. The lowest BCUT2D eigenvalue weighted by atomic mass is 10.1. The van der Waals surface area contributed by atoms with Crippen molar-refractivity contribution in [3.05, 3.63) is 47.8 Å². The van der Waals surface area contributed by atoms with Gasteiger partial charge in [0, 0.05) is 38.9 Å². The molecule has 0 aliphatic carbocycles. The van der Waals surface area contributed by atoms with Crippen LogP contribution in [0, 0.1) is 0 Å². The third-order valence-electron chi connectivity index (χ3n) is 3.88. The number of benzene rings is 1. The summed E-state index contributed by atoms with van der Waals surface area (Å²) in [4.78, 5) is 7.68. The Kier molecular flexibility index (Phi) is 3.27. The van der Waals surface area contributed by atoms with Crippen molar-refractivity contribution in [1.82, 2.24) is 9.97 Å². The van der Waals surface area contributed by atoms with Crippen LogP contribution in [0.1, 0.15) is 12.6 Å². The molecule has 0 fully saturated rings. The molecule has 23 heavy (non-hydrogen) atoms. The number of pyridine rings is 1. The zero-order valence-corrected chi connectivity index (χ0v) is 13.4. The number of aromatic nitrogens is 2. The monoisotopic (exact) mass is 326 g/mol. The van der Waals surface area contributed by atoms with Crippen molar-refractivity contribution in [2.24, 2.45) is 0 Å². The maximum atomic E-state index is 6.47. The number of hydrogen-bond acceptors (Lipinski definition) is 3. The van der Waals surface area contributed by atoms with E-state index in [1.165, 1.54) is 0 Å². The van der Waals surface area contributed by atoms with E-state index in [1.807, 2.05) is 25.1 Å². The van der Waals surface area contributed by atoms with Gasteiger partial charge in [0.15, 0.2) is 5.75 Å². The second-order valence-corrected chi connectivity index (χ2v) is 6.01. The lowest BCUT2D eigenvalue weighted by Gasteiger charge is -2.17. The number of fused-ring (bicyclic) bond motifs is 2. The van der Waals surface area contributed by atoms with E-state index in [-0.39, 0.29) is 0 Å². The average molecular weight is 327 g/mol. The molecule has 1 aliphatic rings. The second kappa shape index (κ2) is 5.32. The molecule has 4 nitrogen and oxygen atoms in total. The molecule has 1 aliphatic heterocycles. The molecule has 0 atom stereocenters. The van der Waals surface area contributed by atoms with Crippen molar-refractivity contribution in [3.63, 3.8) is 0 Å². The van der Waals surface area contributed by atoms with Crippen LogP contribution in [0.4, 0.5) is 0 Å². The normalized spacial score (nSPS) is 13.3. The van der Waals surface area contributed by atoms with Crippen LogP contribution < -0.4 is 9.47 Å². The zero-order valence-electron chi connectivity index (χ0n) is 12.6. The topological polar surface area (TPSA) is 47.1 Å². The number of H-pyrrole nitrogens is 1. The molecular formula is C18H15ClN2O2. The van der Waals surface area contributed by atoms with Crippen molar-refractivity contribution in [2.75, 3.05) is 13.2 Å². The molecule has 1 N–H and O–H groups in total. The van der Waals surface area contributed by atoms with Crippen molar-refractivity contribution < 1.29 is 9.47 Å². The third kappa shape index (κ3) is 2.45. The van der Waals surface area contributed by atoms with Gasteiger partial charge in [-0.05, 0) is 36.8 Å². The van der Waals surface area contributed by atoms with Gasteiger partial charge in [-0.2, -0.15) is 0 Å². The molecule has 0 bridgehead atoms. The van der Waals surface area contributed by atoms with Gasteiger partial charge in [-0.25, -0.2) is 4.98 Å². The summed E-state index contributed by atoms with van der Waals surface area (Å²) >= 11 is 6.47. The fraction of sp³-hybridized carbons (Fsp3) is 0.167. The van der Waals surface area contributed by atoms with E-state index < -0.39 is 0 Å². The van der Waals surface area contributed by atoms with E-state index in [4.69, 9.17) is 21.1 Å². The summed E-state index contributed by atoms with van der Waals surface area (Å²) in [5.74, 6) is 1.18. The second-order valence-electron chi connectivity index (χ2n) is 5.61. The highest BCUT2D eigenvalue weighted by molar-refractivity contribution is 6.34. The van der Waals surface area contributed by atoms with Gasteiger partial charge in [-0.15, -0.1) is 0 Å². The molecule has 0 spiro atoms. The highest BCUT2D eigenvalue weighted by Crippen LogP contribution is 2.37. The number of allylic oxidation sites excluding steroid dienone is 1. The number of halogens is 1. The molecule has 5 heteroatoms. The molecule has 0 saturated carbocycles. The molecule has 0 amide bonds. The van der Waals surface area contributed by atoms with E-state index >= 15 is 0 Å². The predicted molar refractivity (Wildman–Crippen MR) is 92.2 cm³/mol. The standard InChI is InChI=1S/C18H15ClN2O2/c1-10(2)15-6-11-5-14(19)13(8-16(11)21-15)12-7-17-18(20-9-12)23-4-3-22-17/h5-9,21H,1,3-4H2,2H3. The SMILES string of the molecule is C=C(C)c1cc2cc(Cl)c(-c3cnc4c(c3)OCCO4)cc2[nH]1. The third-order valence-corrected chi connectivity index (χ3v) is 4.19. The van der Waals surface area contributed by atoms with Crippen LogP contribution in [0.2, 0.25) is 5.02 Å². The van der Waals surface area contributed by atoms with Crippen LogP contribution in [0.3, 0.4) is 0 Å². The molecule has 116 valence electrons. The Labute approximate surface area is 138 Å². The van der Waals surface area contributed by atoms with E-state index in [2.05, 4.69) is 22.6 Å². The Balaban J connectivity index is 1.84. The van der Waals surface area contributed by atoms with Gasteiger partial charge in [-0.1, -0.05) is 18.2 Å². The molecular weight excluding hydrogens is 312 g/mol. The van der Waals surface area contributed by atoms with Crippen molar-refractivity contribution in [1.29, 1.82) is 0 Å². The number of aromatic amines is 1. The minimum atomic E-state index is 0.526. The number of hydrogen-bond donors (Lipinski definition) is 1. The summed E-state index contributed by atoms with van der Waals surface area (Å²) in [6.07, 6.45) is 1.75. The lowest BCUT2D eigenvalue weighted by Crippen LogP contribution is -2.16. The van der Waals surface area contributed by atoms with E-state index in [0.29, 0.717) is 29.9 Å².